The summed E-state index contributed by atoms with van der Waals surface area (Å²) >= 11 is 0. The maximum absolute atomic E-state index is 11.0. The topological polar surface area (TPSA) is 55.6 Å². The van der Waals surface area contributed by atoms with Gasteiger partial charge in [-0.15, -0.1) is 0 Å². The number of ether oxygens (including phenoxy) is 1. The quantitative estimate of drug-likeness (QED) is 0.422. The molecule has 0 N–H and O–H groups in total. The number of nitrogens with zero attached hydrogens (tertiary/aromatic N) is 2. The van der Waals surface area contributed by atoms with Crippen molar-refractivity contribution >= 4 is 5.69 Å². The van der Waals surface area contributed by atoms with E-state index < -0.39 is 0 Å². The minimum absolute atomic E-state index is 0.176. The maximum Gasteiger partial charge on any atom is 0.273 e. The molecule has 0 saturated heterocycles. The van der Waals surface area contributed by atoms with Gasteiger partial charge in [-0.3, -0.25) is 10.1 Å². The van der Waals surface area contributed by atoms with Gasteiger partial charge in [0.05, 0.1) is 11.5 Å². The van der Waals surface area contributed by atoms with Crippen molar-refractivity contribution in [3.8, 4) is 5.75 Å². The molecule has 122 valence electrons. The first-order valence-electron chi connectivity index (χ1n) is 7.67. The van der Waals surface area contributed by atoms with Crippen LogP contribution in [-0.2, 0) is 6.54 Å². The number of para-hydroxylation sites is 2. The lowest BCUT2D eigenvalue weighted by atomic mass is 10.1. The first kappa shape index (κ1) is 17.0. The predicted molar refractivity (Wildman–Crippen MR) is 90.7 cm³/mol. The smallest absolute Gasteiger partial charge is 0.273 e. The van der Waals surface area contributed by atoms with Gasteiger partial charge >= 0.3 is 0 Å². The zero-order valence-corrected chi connectivity index (χ0v) is 13.6. The molecule has 5 nitrogen and oxygen atoms in total. The summed E-state index contributed by atoms with van der Waals surface area (Å²) in [6, 6.07) is 14.8. The number of rotatable bonds is 8. The van der Waals surface area contributed by atoms with Gasteiger partial charge < -0.3 is 9.64 Å². The van der Waals surface area contributed by atoms with E-state index in [1.165, 1.54) is 0 Å². The van der Waals surface area contributed by atoms with Crippen LogP contribution in [0.25, 0.3) is 0 Å². The standard InChI is InChI=1S/C18H22N2O3/c1-15-8-3-6-11-18(15)23-13-7-12-19(2)14-16-9-4-5-10-17(16)20(21)22/h3-6,8-11H,7,12-14H2,1-2H3. The molecule has 0 aliphatic rings. The molecule has 0 bridgehead atoms. The van der Waals surface area contributed by atoms with Crippen LogP contribution >= 0.6 is 0 Å². The Hall–Kier alpha value is -2.40. The number of nitro groups is 1. The molecule has 0 spiro atoms. The number of nitro benzene ring substituents is 1. The fourth-order valence-electron chi connectivity index (χ4n) is 2.43. The summed E-state index contributed by atoms with van der Waals surface area (Å²) in [5.41, 5.74) is 2.04. The van der Waals surface area contributed by atoms with Gasteiger partial charge in [0, 0.05) is 24.7 Å². The van der Waals surface area contributed by atoms with Crippen LogP contribution in [0, 0.1) is 17.0 Å². The van der Waals surface area contributed by atoms with E-state index in [2.05, 4.69) is 4.90 Å². The van der Waals surface area contributed by atoms with Crippen molar-refractivity contribution in [3.05, 3.63) is 69.8 Å². The van der Waals surface area contributed by atoms with E-state index in [-0.39, 0.29) is 10.6 Å². The zero-order valence-electron chi connectivity index (χ0n) is 13.6. The van der Waals surface area contributed by atoms with Crippen LogP contribution in [0.1, 0.15) is 17.5 Å². The van der Waals surface area contributed by atoms with E-state index >= 15 is 0 Å². The lowest BCUT2D eigenvalue weighted by Crippen LogP contribution is -2.21. The normalized spacial score (nSPS) is 10.7. The minimum Gasteiger partial charge on any atom is -0.493 e. The highest BCUT2D eigenvalue weighted by Gasteiger charge is 2.13. The lowest BCUT2D eigenvalue weighted by molar-refractivity contribution is -0.385. The van der Waals surface area contributed by atoms with Gasteiger partial charge in [-0.1, -0.05) is 36.4 Å². The second-order valence-corrected chi connectivity index (χ2v) is 5.59. The van der Waals surface area contributed by atoms with Crippen LogP contribution in [-0.4, -0.2) is 30.0 Å². The molecule has 0 atom stereocenters. The van der Waals surface area contributed by atoms with Crippen LogP contribution in [0.5, 0.6) is 5.75 Å². The van der Waals surface area contributed by atoms with Crippen molar-refractivity contribution in [1.82, 2.24) is 4.90 Å². The van der Waals surface area contributed by atoms with Crippen LogP contribution in [0.4, 0.5) is 5.69 Å². The Bertz CT molecular complexity index is 658. The van der Waals surface area contributed by atoms with Gasteiger partial charge in [0.2, 0.25) is 0 Å². The SMILES string of the molecule is Cc1ccccc1OCCCN(C)Cc1ccccc1[N+](=O)[O-]. The second kappa shape index (κ2) is 8.29. The molecule has 0 fully saturated rings. The van der Waals surface area contributed by atoms with E-state index in [1.54, 1.807) is 18.2 Å². The van der Waals surface area contributed by atoms with Crippen molar-refractivity contribution in [2.24, 2.45) is 0 Å². The van der Waals surface area contributed by atoms with Crippen molar-refractivity contribution in [3.63, 3.8) is 0 Å². The van der Waals surface area contributed by atoms with Crippen molar-refractivity contribution in [2.75, 3.05) is 20.2 Å². The minimum atomic E-state index is -0.329. The molecule has 0 heterocycles. The molecule has 2 rings (SSSR count). The van der Waals surface area contributed by atoms with Crippen molar-refractivity contribution in [1.29, 1.82) is 0 Å². The van der Waals surface area contributed by atoms with E-state index in [0.717, 1.165) is 29.8 Å². The zero-order chi connectivity index (χ0) is 16.7. The molecule has 5 heteroatoms. The molecular weight excluding hydrogens is 292 g/mol. The first-order chi connectivity index (χ1) is 11.1. The molecular formula is C18H22N2O3. The Balaban J connectivity index is 1.79. The van der Waals surface area contributed by atoms with Gasteiger partial charge in [-0.2, -0.15) is 0 Å². The highest BCUT2D eigenvalue weighted by atomic mass is 16.6. The third-order valence-corrected chi connectivity index (χ3v) is 3.66. The lowest BCUT2D eigenvalue weighted by Gasteiger charge is -2.17. The molecule has 0 aromatic heterocycles. The largest absolute Gasteiger partial charge is 0.493 e. The molecule has 0 aliphatic carbocycles. The van der Waals surface area contributed by atoms with Gasteiger partial charge in [-0.25, -0.2) is 0 Å². The summed E-state index contributed by atoms with van der Waals surface area (Å²) in [5.74, 6) is 0.911. The maximum atomic E-state index is 11.0. The number of hydrogen-bond donors (Lipinski definition) is 0. The molecule has 0 amide bonds. The van der Waals surface area contributed by atoms with Crippen molar-refractivity contribution in [2.45, 2.75) is 19.9 Å². The van der Waals surface area contributed by atoms with E-state index in [0.29, 0.717) is 13.2 Å². The molecule has 0 aliphatic heterocycles. The van der Waals surface area contributed by atoms with Crippen LogP contribution < -0.4 is 4.74 Å². The van der Waals surface area contributed by atoms with E-state index in [4.69, 9.17) is 4.74 Å². The summed E-state index contributed by atoms with van der Waals surface area (Å²) < 4.78 is 5.76. The number of aryl methyl sites for hydroxylation is 1. The van der Waals surface area contributed by atoms with Crippen LogP contribution in [0.3, 0.4) is 0 Å². The Labute approximate surface area is 136 Å². The third-order valence-electron chi connectivity index (χ3n) is 3.66. The van der Waals surface area contributed by atoms with Crippen LogP contribution in [0.15, 0.2) is 48.5 Å². The summed E-state index contributed by atoms with van der Waals surface area (Å²) in [5, 5.41) is 11.0. The van der Waals surface area contributed by atoms with Gasteiger partial charge in [0.25, 0.3) is 5.69 Å². The second-order valence-electron chi connectivity index (χ2n) is 5.59. The Morgan fingerprint density at radius 2 is 1.83 bits per heavy atom. The molecule has 2 aromatic carbocycles. The van der Waals surface area contributed by atoms with E-state index in [9.17, 15) is 10.1 Å². The highest BCUT2D eigenvalue weighted by Crippen LogP contribution is 2.19. The highest BCUT2D eigenvalue weighted by molar-refractivity contribution is 5.39. The first-order valence-corrected chi connectivity index (χ1v) is 7.67. The summed E-state index contributed by atoms with van der Waals surface area (Å²) in [6.45, 7) is 4.03. The summed E-state index contributed by atoms with van der Waals surface area (Å²) in [4.78, 5) is 12.8. The van der Waals surface area contributed by atoms with E-state index in [1.807, 2.05) is 44.3 Å². The Kier molecular flexibility index (Phi) is 6.11. The molecule has 0 saturated carbocycles. The average molecular weight is 314 g/mol. The molecule has 23 heavy (non-hydrogen) atoms. The molecule has 0 unspecified atom stereocenters. The predicted octanol–water partition coefficient (Wildman–Crippen LogP) is 3.80. The Morgan fingerprint density at radius 1 is 1.13 bits per heavy atom. The summed E-state index contributed by atoms with van der Waals surface area (Å²) in [7, 11) is 1.96. The summed E-state index contributed by atoms with van der Waals surface area (Å²) in [6.07, 6.45) is 0.867. The fourth-order valence-corrected chi connectivity index (χ4v) is 2.43. The number of hydrogen-bond acceptors (Lipinski definition) is 4. The third kappa shape index (κ3) is 5.07. The van der Waals surface area contributed by atoms with Gasteiger partial charge in [-0.05, 0) is 32.0 Å². The van der Waals surface area contributed by atoms with Gasteiger partial charge in [0.1, 0.15) is 5.75 Å². The van der Waals surface area contributed by atoms with Gasteiger partial charge in [0.15, 0.2) is 0 Å². The average Bonchev–Trinajstić information content (AvgIpc) is 2.53. The van der Waals surface area contributed by atoms with Crippen molar-refractivity contribution < 1.29 is 9.66 Å². The molecule has 2 aromatic rings. The molecule has 0 radical (unpaired) electrons. The fraction of sp³-hybridized carbons (Fsp3) is 0.333. The van der Waals surface area contributed by atoms with Crippen LogP contribution in [0.2, 0.25) is 0 Å². The number of benzene rings is 2. The Morgan fingerprint density at radius 3 is 2.57 bits per heavy atom. The monoisotopic (exact) mass is 314 g/mol.